The predicted octanol–water partition coefficient (Wildman–Crippen LogP) is 1.82. The zero-order valence-corrected chi connectivity index (χ0v) is 20.0. The van der Waals surface area contributed by atoms with Gasteiger partial charge in [0.2, 0.25) is 21.8 Å². The smallest absolute Gasteiger partial charge is 0.241 e. The zero-order valence-electron chi connectivity index (χ0n) is 19.1. The van der Waals surface area contributed by atoms with Crippen molar-refractivity contribution >= 4 is 27.5 Å². The van der Waals surface area contributed by atoms with Crippen LogP contribution in [-0.4, -0.2) is 64.8 Å². The zero-order chi connectivity index (χ0) is 24.5. The molecule has 0 spiro atoms. The summed E-state index contributed by atoms with van der Waals surface area (Å²) in [6.07, 6.45) is 0.863. The van der Waals surface area contributed by atoms with Crippen LogP contribution >= 0.6 is 0 Å². The molecule has 2 aliphatic rings. The first-order valence-corrected chi connectivity index (χ1v) is 12.5. The van der Waals surface area contributed by atoms with Crippen LogP contribution in [0.1, 0.15) is 12.0 Å². The number of fused-ring (bicyclic) bond motifs is 1. The van der Waals surface area contributed by atoms with Gasteiger partial charge in [-0.25, -0.2) is 12.7 Å². The number of rotatable bonds is 7. The number of carbonyl (C=O) groups excluding carboxylic acids is 2. The van der Waals surface area contributed by atoms with Crippen LogP contribution in [0.3, 0.4) is 0 Å². The Bertz CT molecular complexity index is 1210. The minimum atomic E-state index is -3.93. The van der Waals surface area contributed by atoms with Gasteiger partial charge in [-0.2, -0.15) is 0 Å². The van der Waals surface area contributed by atoms with E-state index < -0.39 is 21.8 Å². The molecule has 2 aliphatic heterocycles. The molecule has 182 valence electrons. The highest BCUT2D eigenvalue weighted by Crippen LogP contribution is 2.37. The highest BCUT2D eigenvalue weighted by Gasteiger charge is 2.40. The van der Waals surface area contributed by atoms with Gasteiger partial charge in [-0.05, 0) is 18.2 Å². The number of ether oxygens (including phenoxy) is 4. The average molecular weight is 491 g/mol. The fraction of sp³-hybridized carbons (Fsp3) is 0.391. The highest BCUT2D eigenvalue weighted by atomic mass is 32.2. The van der Waals surface area contributed by atoms with Gasteiger partial charge in [-0.1, -0.05) is 12.1 Å². The molecule has 0 aromatic heterocycles. The maximum absolute atomic E-state index is 13.4. The Labute approximate surface area is 198 Å². The van der Waals surface area contributed by atoms with Crippen molar-refractivity contribution in [3.63, 3.8) is 0 Å². The van der Waals surface area contributed by atoms with Crippen molar-refractivity contribution in [2.75, 3.05) is 45.1 Å². The minimum absolute atomic E-state index is 0.0541. The number of para-hydroxylation sites is 1. The van der Waals surface area contributed by atoms with Crippen LogP contribution in [0.5, 0.6) is 23.0 Å². The Balaban J connectivity index is 1.57. The number of hydrogen-bond acceptors (Lipinski definition) is 8. The number of anilines is 1. The standard InChI is InChI=1S/C23H26N2O8S/c1-30-19-6-4-5-15(22(19)31-2)14-25(34(3,28)29)23(27)16-11-21(26)24(13-16)17-7-8-18-20(12-17)33-10-9-32-18/h4-8,12,16H,9-11,13-14H2,1-3H3. The summed E-state index contributed by atoms with van der Waals surface area (Å²) < 4.78 is 47.7. The van der Waals surface area contributed by atoms with E-state index in [-0.39, 0.29) is 25.4 Å². The lowest BCUT2D eigenvalue weighted by Gasteiger charge is -2.25. The molecule has 0 radical (unpaired) electrons. The number of sulfonamides is 1. The van der Waals surface area contributed by atoms with E-state index >= 15 is 0 Å². The molecule has 0 saturated carbocycles. The number of hydrogen-bond donors (Lipinski definition) is 0. The van der Waals surface area contributed by atoms with Gasteiger partial charge in [0.05, 0.1) is 32.9 Å². The van der Waals surface area contributed by atoms with Crippen LogP contribution in [-0.2, 0) is 26.2 Å². The third-order valence-corrected chi connectivity index (χ3v) is 6.87. The molecule has 11 heteroatoms. The Morgan fingerprint density at radius 1 is 1.12 bits per heavy atom. The molecule has 34 heavy (non-hydrogen) atoms. The van der Waals surface area contributed by atoms with E-state index in [4.69, 9.17) is 18.9 Å². The molecule has 1 atom stereocenters. The largest absolute Gasteiger partial charge is 0.493 e. The Morgan fingerprint density at radius 3 is 2.53 bits per heavy atom. The third kappa shape index (κ3) is 4.60. The summed E-state index contributed by atoms with van der Waals surface area (Å²) >= 11 is 0. The molecule has 0 N–H and O–H groups in total. The average Bonchev–Trinajstić information content (AvgIpc) is 3.22. The van der Waals surface area contributed by atoms with Gasteiger partial charge in [0.1, 0.15) is 13.2 Å². The molecule has 2 amide bonds. The predicted molar refractivity (Wildman–Crippen MR) is 123 cm³/mol. The van der Waals surface area contributed by atoms with Crippen LogP contribution in [0.25, 0.3) is 0 Å². The lowest BCUT2D eigenvalue weighted by Crippen LogP contribution is -2.40. The fourth-order valence-electron chi connectivity index (χ4n) is 4.12. The molecule has 1 fully saturated rings. The summed E-state index contributed by atoms with van der Waals surface area (Å²) in [5, 5.41) is 0. The van der Waals surface area contributed by atoms with Gasteiger partial charge in [-0.15, -0.1) is 0 Å². The molecule has 2 heterocycles. The first kappa shape index (κ1) is 23.7. The van der Waals surface area contributed by atoms with Gasteiger partial charge in [0, 0.05) is 30.3 Å². The first-order chi connectivity index (χ1) is 16.2. The third-order valence-electron chi connectivity index (χ3n) is 5.76. The van der Waals surface area contributed by atoms with E-state index in [1.54, 1.807) is 36.4 Å². The summed E-state index contributed by atoms with van der Waals surface area (Å²) in [6, 6.07) is 10.1. The van der Waals surface area contributed by atoms with Gasteiger partial charge in [0.15, 0.2) is 23.0 Å². The summed E-state index contributed by atoms with van der Waals surface area (Å²) in [7, 11) is -1.03. The normalized spacial score (nSPS) is 17.4. The topological polar surface area (TPSA) is 112 Å². The molecule has 0 bridgehead atoms. The molecule has 0 aliphatic carbocycles. The molecule has 1 saturated heterocycles. The van der Waals surface area contributed by atoms with Crippen LogP contribution in [0, 0.1) is 5.92 Å². The summed E-state index contributed by atoms with van der Waals surface area (Å²) in [5.41, 5.74) is 1.03. The van der Waals surface area contributed by atoms with E-state index in [0.717, 1.165) is 10.6 Å². The van der Waals surface area contributed by atoms with E-state index in [0.29, 0.717) is 47.5 Å². The summed E-state index contributed by atoms with van der Waals surface area (Å²) in [6.45, 7) is 0.666. The first-order valence-electron chi connectivity index (χ1n) is 10.6. The van der Waals surface area contributed by atoms with E-state index in [1.807, 2.05) is 0 Å². The number of carbonyl (C=O) groups is 2. The maximum atomic E-state index is 13.4. The van der Waals surface area contributed by atoms with Crippen LogP contribution < -0.4 is 23.8 Å². The number of methoxy groups -OCH3 is 2. The Morgan fingerprint density at radius 2 is 1.85 bits per heavy atom. The molecule has 4 rings (SSSR count). The second kappa shape index (κ2) is 9.41. The maximum Gasteiger partial charge on any atom is 0.241 e. The van der Waals surface area contributed by atoms with E-state index in [2.05, 4.69) is 0 Å². The van der Waals surface area contributed by atoms with Gasteiger partial charge in [0.25, 0.3) is 0 Å². The van der Waals surface area contributed by atoms with Crippen molar-refractivity contribution in [2.45, 2.75) is 13.0 Å². The monoisotopic (exact) mass is 490 g/mol. The SMILES string of the molecule is COc1cccc(CN(C(=O)C2CC(=O)N(c3ccc4c(c3)OCCO4)C2)S(C)(=O)=O)c1OC. The van der Waals surface area contributed by atoms with Crippen LogP contribution in [0.4, 0.5) is 5.69 Å². The van der Waals surface area contributed by atoms with Crippen molar-refractivity contribution in [3.8, 4) is 23.0 Å². The summed E-state index contributed by atoms with van der Waals surface area (Å²) in [4.78, 5) is 27.6. The van der Waals surface area contributed by atoms with Crippen LogP contribution in [0.2, 0.25) is 0 Å². The van der Waals surface area contributed by atoms with E-state index in [1.165, 1.54) is 19.1 Å². The lowest BCUT2D eigenvalue weighted by molar-refractivity contribution is -0.131. The molecular formula is C23H26N2O8S. The second-order valence-corrected chi connectivity index (χ2v) is 9.90. The lowest BCUT2D eigenvalue weighted by atomic mass is 10.1. The highest BCUT2D eigenvalue weighted by molar-refractivity contribution is 7.88. The van der Waals surface area contributed by atoms with Crippen molar-refractivity contribution in [1.82, 2.24) is 4.31 Å². The molecule has 2 aromatic rings. The van der Waals surface area contributed by atoms with Crippen molar-refractivity contribution in [2.24, 2.45) is 5.92 Å². The van der Waals surface area contributed by atoms with Crippen molar-refractivity contribution in [1.29, 1.82) is 0 Å². The quantitative estimate of drug-likeness (QED) is 0.578. The Hall–Kier alpha value is -3.47. The summed E-state index contributed by atoms with van der Waals surface area (Å²) in [5.74, 6) is 0.114. The van der Waals surface area contributed by atoms with Crippen LogP contribution in [0.15, 0.2) is 36.4 Å². The number of benzene rings is 2. The van der Waals surface area contributed by atoms with Crippen molar-refractivity contribution in [3.05, 3.63) is 42.0 Å². The minimum Gasteiger partial charge on any atom is -0.493 e. The van der Waals surface area contributed by atoms with Gasteiger partial charge in [-0.3, -0.25) is 9.59 Å². The van der Waals surface area contributed by atoms with Gasteiger partial charge < -0.3 is 23.8 Å². The molecule has 2 aromatic carbocycles. The number of amides is 2. The second-order valence-electron chi connectivity index (χ2n) is 7.99. The molecule has 1 unspecified atom stereocenters. The van der Waals surface area contributed by atoms with Gasteiger partial charge >= 0.3 is 0 Å². The molecular weight excluding hydrogens is 464 g/mol. The fourth-order valence-corrected chi connectivity index (χ4v) is 4.97. The van der Waals surface area contributed by atoms with Crippen molar-refractivity contribution < 1.29 is 37.0 Å². The number of nitrogens with zero attached hydrogens (tertiary/aromatic N) is 2. The Kier molecular flexibility index (Phi) is 6.56. The van der Waals surface area contributed by atoms with E-state index in [9.17, 15) is 18.0 Å². The molecule has 10 nitrogen and oxygen atoms in total.